The molecule has 60 heavy (non-hydrogen) atoms. The van der Waals surface area contributed by atoms with Gasteiger partial charge in [-0.2, -0.15) is 5.26 Å². The van der Waals surface area contributed by atoms with Crippen molar-refractivity contribution in [3.05, 3.63) is 93.2 Å². The van der Waals surface area contributed by atoms with Crippen LogP contribution in [0.5, 0.6) is 0 Å². The molecule has 1 unspecified atom stereocenters. The molecule has 3 aromatic carbocycles. The SMILES string of the molecule is CCc1cc2c(cc1N1CCC(N3CCN(CCCCCNc4cccc5c4CN(C4CCC(=O)NC4=O)C5=O)CC3)CC1)C(C)(C)c1[nH]c3cc(C#N)ccc3c1C2=O. The third-order valence-corrected chi connectivity index (χ3v) is 14.1. The highest BCUT2D eigenvalue weighted by molar-refractivity contribution is 6.20. The summed E-state index contributed by atoms with van der Waals surface area (Å²) < 4.78 is 0. The first kappa shape index (κ1) is 39.9. The molecule has 5 aliphatic rings. The maximum atomic E-state index is 14.1. The summed E-state index contributed by atoms with van der Waals surface area (Å²) in [4.78, 5) is 64.5. The van der Waals surface area contributed by atoms with E-state index in [1.165, 1.54) is 11.3 Å². The second-order valence-corrected chi connectivity index (χ2v) is 17.9. The van der Waals surface area contributed by atoms with Gasteiger partial charge < -0.3 is 25.0 Å². The summed E-state index contributed by atoms with van der Waals surface area (Å²) in [6.45, 7) is 15.4. The van der Waals surface area contributed by atoms with Crippen LogP contribution in [0.25, 0.3) is 10.9 Å². The Hall–Kier alpha value is -5.51. The molecule has 1 aliphatic carbocycles. The Kier molecular flexibility index (Phi) is 10.8. The van der Waals surface area contributed by atoms with Gasteiger partial charge in [0.15, 0.2) is 5.78 Å². The van der Waals surface area contributed by atoms with Crippen LogP contribution in [-0.2, 0) is 28.0 Å². The second-order valence-electron chi connectivity index (χ2n) is 17.9. The number of anilines is 2. The number of hydrogen-bond acceptors (Lipinski definition) is 9. The maximum Gasteiger partial charge on any atom is 0.255 e. The van der Waals surface area contributed by atoms with Gasteiger partial charge in [0.1, 0.15) is 6.04 Å². The molecule has 0 bridgehead atoms. The first-order valence-electron chi connectivity index (χ1n) is 22.1. The van der Waals surface area contributed by atoms with E-state index < -0.39 is 11.5 Å². The molecule has 5 heterocycles. The van der Waals surface area contributed by atoms with Crippen molar-refractivity contribution < 1.29 is 19.2 Å². The molecule has 1 aromatic heterocycles. The van der Waals surface area contributed by atoms with E-state index in [0.717, 1.165) is 135 Å². The van der Waals surface area contributed by atoms with Gasteiger partial charge in [-0.1, -0.05) is 39.3 Å². The van der Waals surface area contributed by atoms with Crippen LogP contribution in [-0.4, -0.2) is 108 Å². The minimum Gasteiger partial charge on any atom is -0.385 e. The Bertz CT molecular complexity index is 2410. The molecule has 3 saturated heterocycles. The van der Waals surface area contributed by atoms with Gasteiger partial charge in [-0.25, -0.2) is 0 Å². The molecule has 3 fully saturated rings. The van der Waals surface area contributed by atoms with Crippen LogP contribution in [0.2, 0.25) is 0 Å². The van der Waals surface area contributed by atoms with Gasteiger partial charge in [-0.05, 0) is 92.6 Å². The summed E-state index contributed by atoms with van der Waals surface area (Å²) in [5, 5.41) is 16.3. The van der Waals surface area contributed by atoms with Gasteiger partial charge in [-0.15, -0.1) is 0 Å². The number of hydrogen-bond donors (Lipinski definition) is 3. The van der Waals surface area contributed by atoms with Crippen molar-refractivity contribution >= 4 is 45.8 Å². The van der Waals surface area contributed by atoms with Crippen LogP contribution < -0.4 is 15.5 Å². The monoisotopic (exact) mass is 808 g/mol. The van der Waals surface area contributed by atoms with Crippen molar-refractivity contribution in [1.82, 2.24) is 25.0 Å². The number of amides is 3. The number of aromatic nitrogens is 1. The van der Waals surface area contributed by atoms with Gasteiger partial charge >= 0.3 is 0 Å². The van der Waals surface area contributed by atoms with Crippen molar-refractivity contribution in [2.45, 2.75) is 96.2 Å². The molecule has 9 rings (SSSR count). The topological polar surface area (TPSA) is 145 Å². The average molecular weight is 809 g/mol. The lowest BCUT2D eigenvalue weighted by atomic mass is 9.70. The summed E-state index contributed by atoms with van der Waals surface area (Å²) in [6, 6.07) is 18.0. The minimum atomic E-state index is -0.604. The van der Waals surface area contributed by atoms with E-state index in [2.05, 4.69) is 69.3 Å². The highest BCUT2D eigenvalue weighted by Gasteiger charge is 2.42. The van der Waals surface area contributed by atoms with E-state index in [1.54, 1.807) is 11.0 Å². The summed E-state index contributed by atoms with van der Waals surface area (Å²) in [6.07, 6.45) is 7.08. The number of aromatic amines is 1. The molecule has 1 atom stereocenters. The molecule has 0 spiro atoms. The number of piperazine rings is 1. The lowest BCUT2D eigenvalue weighted by Gasteiger charge is -2.44. The number of nitriles is 1. The fourth-order valence-electron chi connectivity index (χ4n) is 10.6. The van der Waals surface area contributed by atoms with Crippen molar-refractivity contribution in [2.75, 3.05) is 62.6 Å². The van der Waals surface area contributed by atoms with Crippen LogP contribution in [0, 0.1) is 11.3 Å². The van der Waals surface area contributed by atoms with Crippen molar-refractivity contribution in [3.63, 3.8) is 0 Å². The fraction of sp³-hybridized carbons (Fsp3) is 0.479. The lowest BCUT2D eigenvalue weighted by Crippen LogP contribution is -2.53. The molecule has 12 nitrogen and oxygen atoms in total. The van der Waals surface area contributed by atoms with Crippen LogP contribution in [0.4, 0.5) is 11.4 Å². The normalized spacial score (nSPS) is 20.9. The Labute approximate surface area is 352 Å². The molecule has 0 saturated carbocycles. The number of aryl methyl sites for hydroxylation is 1. The Balaban J connectivity index is 0.733. The molecule has 0 radical (unpaired) electrons. The number of piperidine rings is 2. The number of rotatable bonds is 11. The van der Waals surface area contributed by atoms with Gasteiger partial charge in [-0.3, -0.25) is 29.4 Å². The standard InChI is InChI=1S/C48H56N8O4/c1-4-31-26-35-37(48(2,3)45-43(44(35)58)34-12-11-30(28-49)25-39(34)51-45)27-41(31)55-19-15-32(16-20-55)54-23-21-53(22-24-54)18-7-5-6-17-50-38-10-8-9-33-36(38)29-56(47(33)60)40-13-14-42(57)52-46(40)59/h8-12,25-27,32,40,50-51H,4-7,13-24,29H2,1-3H3,(H,52,57,59). The Morgan fingerprint density at radius 1 is 0.900 bits per heavy atom. The second kappa shape index (κ2) is 16.2. The van der Waals surface area contributed by atoms with Gasteiger partial charge in [0.25, 0.3) is 5.91 Å². The highest BCUT2D eigenvalue weighted by atomic mass is 16.2. The smallest absolute Gasteiger partial charge is 0.255 e. The first-order valence-corrected chi connectivity index (χ1v) is 22.1. The number of carbonyl (C=O) groups is 4. The third-order valence-electron chi connectivity index (χ3n) is 14.1. The number of nitrogens with zero attached hydrogens (tertiary/aromatic N) is 5. The van der Waals surface area contributed by atoms with Crippen LogP contribution in [0.1, 0.15) is 120 Å². The van der Waals surface area contributed by atoms with Gasteiger partial charge in [0.2, 0.25) is 11.8 Å². The molecule has 4 aromatic rings. The van der Waals surface area contributed by atoms with Crippen molar-refractivity contribution in [3.8, 4) is 6.07 Å². The summed E-state index contributed by atoms with van der Waals surface area (Å²) in [7, 11) is 0. The number of fused-ring (bicyclic) bond motifs is 5. The summed E-state index contributed by atoms with van der Waals surface area (Å²) >= 11 is 0. The third kappa shape index (κ3) is 7.15. The zero-order valence-corrected chi connectivity index (χ0v) is 35.2. The van der Waals surface area contributed by atoms with Crippen molar-refractivity contribution in [1.29, 1.82) is 5.26 Å². The molecule has 4 aliphatic heterocycles. The van der Waals surface area contributed by atoms with E-state index in [1.807, 2.05) is 30.3 Å². The van der Waals surface area contributed by atoms with E-state index in [0.29, 0.717) is 30.1 Å². The number of unbranched alkanes of at least 4 members (excludes halogenated alkanes) is 2. The average Bonchev–Trinajstić information content (AvgIpc) is 3.82. The molecule has 12 heteroatoms. The zero-order chi connectivity index (χ0) is 41.7. The Morgan fingerprint density at radius 2 is 1.70 bits per heavy atom. The van der Waals surface area contributed by atoms with E-state index in [9.17, 15) is 24.4 Å². The largest absolute Gasteiger partial charge is 0.385 e. The number of carbonyl (C=O) groups excluding carboxylic acids is 4. The molecule has 3 N–H and O–H groups in total. The first-order chi connectivity index (χ1) is 29.0. The van der Waals surface area contributed by atoms with Crippen LogP contribution in [0.3, 0.4) is 0 Å². The maximum absolute atomic E-state index is 14.1. The highest BCUT2D eigenvalue weighted by Crippen LogP contribution is 2.46. The van der Waals surface area contributed by atoms with E-state index >= 15 is 0 Å². The number of imide groups is 1. The predicted molar refractivity (Wildman–Crippen MR) is 232 cm³/mol. The number of nitrogens with one attached hydrogen (secondary N) is 3. The van der Waals surface area contributed by atoms with Gasteiger partial charge in [0.05, 0.1) is 17.2 Å². The summed E-state index contributed by atoms with van der Waals surface area (Å²) in [5.74, 6) is -0.731. The van der Waals surface area contributed by atoms with Crippen LogP contribution in [0.15, 0.2) is 48.5 Å². The molecular weight excluding hydrogens is 753 g/mol. The van der Waals surface area contributed by atoms with E-state index in [4.69, 9.17) is 0 Å². The summed E-state index contributed by atoms with van der Waals surface area (Å²) in [5.41, 5.74) is 9.61. The quantitative estimate of drug-likeness (QED) is 0.121. The Morgan fingerprint density at radius 3 is 2.45 bits per heavy atom. The molecular formula is C48H56N8O4. The zero-order valence-electron chi connectivity index (χ0n) is 35.2. The number of H-pyrrole nitrogens is 1. The molecule has 3 amide bonds. The number of ketones is 1. The van der Waals surface area contributed by atoms with Crippen molar-refractivity contribution in [2.24, 2.45) is 0 Å². The minimum absolute atomic E-state index is 0.0691. The fourth-order valence-corrected chi connectivity index (χ4v) is 10.6. The van der Waals surface area contributed by atoms with Crippen LogP contribution >= 0.6 is 0 Å². The molecule has 312 valence electrons. The van der Waals surface area contributed by atoms with Gasteiger partial charge in [0, 0.05) is 115 Å². The number of benzene rings is 3. The van der Waals surface area contributed by atoms with E-state index in [-0.39, 0.29) is 29.9 Å². The predicted octanol–water partition coefficient (Wildman–Crippen LogP) is 6.10. The lowest BCUT2D eigenvalue weighted by molar-refractivity contribution is -0.136.